The van der Waals surface area contributed by atoms with Gasteiger partial charge in [0.2, 0.25) is 21.6 Å². The average molecular weight is 416 g/mol. The molecule has 2 N–H and O–H groups in total. The van der Waals surface area contributed by atoms with Crippen LogP contribution in [-0.4, -0.2) is 31.3 Å². The standard InChI is InChI=1S/C20H20N2O6S/c1-12-8-9-27-19(12)20(24)28-11-18(23)17-10-13(2)22(14(17)3)15-4-6-16(7-5-15)29(21,25)26/h4-10H,11H2,1-3H3,(H2,21,25,26). The van der Waals surface area contributed by atoms with Crippen LogP contribution in [0.3, 0.4) is 0 Å². The van der Waals surface area contributed by atoms with Gasteiger partial charge in [-0.25, -0.2) is 18.4 Å². The van der Waals surface area contributed by atoms with Gasteiger partial charge in [-0.1, -0.05) is 0 Å². The molecule has 3 aromatic rings. The number of nitrogens with zero attached hydrogens (tertiary/aromatic N) is 1. The first-order valence-electron chi connectivity index (χ1n) is 8.66. The zero-order valence-electron chi connectivity index (χ0n) is 16.1. The number of sulfonamides is 1. The molecule has 0 fully saturated rings. The molecule has 8 nitrogen and oxygen atoms in total. The van der Waals surface area contributed by atoms with E-state index in [2.05, 4.69) is 0 Å². The van der Waals surface area contributed by atoms with Crippen LogP contribution in [0.15, 0.2) is 52.0 Å². The van der Waals surface area contributed by atoms with Crippen molar-refractivity contribution >= 4 is 21.8 Å². The number of furan rings is 1. The van der Waals surface area contributed by atoms with Gasteiger partial charge in [0.1, 0.15) is 0 Å². The lowest BCUT2D eigenvalue weighted by molar-refractivity contribution is 0.0442. The number of hydrogen-bond acceptors (Lipinski definition) is 6. The molecular weight excluding hydrogens is 396 g/mol. The van der Waals surface area contributed by atoms with E-state index in [-0.39, 0.29) is 16.4 Å². The average Bonchev–Trinajstić information content (AvgIpc) is 3.21. The molecule has 2 heterocycles. The van der Waals surface area contributed by atoms with Crippen molar-refractivity contribution in [1.82, 2.24) is 4.57 Å². The van der Waals surface area contributed by atoms with Gasteiger partial charge in [0.15, 0.2) is 6.61 Å². The molecule has 0 saturated heterocycles. The van der Waals surface area contributed by atoms with Crippen molar-refractivity contribution < 1.29 is 27.2 Å². The van der Waals surface area contributed by atoms with Gasteiger partial charge in [-0.3, -0.25) is 4.79 Å². The summed E-state index contributed by atoms with van der Waals surface area (Å²) in [5, 5.41) is 5.12. The van der Waals surface area contributed by atoms with Gasteiger partial charge in [-0.05, 0) is 57.2 Å². The van der Waals surface area contributed by atoms with Crippen molar-refractivity contribution in [3.05, 3.63) is 70.9 Å². The molecule has 0 atom stereocenters. The van der Waals surface area contributed by atoms with Crippen molar-refractivity contribution in [3.63, 3.8) is 0 Å². The Kier molecular flexibility index (Phi) is 5.45. The number of primary sulfonamides is 1. The molecule has 0 spiro atoms. The minimum Gasteiger partial charge on any atom is -0.457 e. The number of hydrogen-bond donors (Lipinski definition) is 1. The van der Waals surface area contributed by atoms with E-state index in [0.29, 0.717) is 22.5 Å². The van der Waals surface area contributed by atoms with E-state index < -0.39 is 22.6 Å². The molecule has 9 heteroatoms. The van der Waals surface area contributed by atoms with E-state index in [9.17, 15) is 18.0 Å². The van der Waals surface area contributed by atoms with Gasteiger partial charge in [-0.15, -0.1) is 0 Å². The summed E-state index contributed by atoms with van der Waals surface area (Å²) in [7, 11) is -3.79. The minimum atomic E-state index is -3.79. The molecule has 0 radical (unpaired) electrons. The van der Waals surface area contributed by atoms with Gasteiger partial charge < -0.3 is 13.7 Å². The van der Waals surface area contributed by atoms with Crippen LogP contribution < -0.4 is 5.14 Å². The number of ether oxygens (including phenoxy) is 1. The molecular formula is C20H20N2O6S. The normalized spacial score (nSPS) is 11.4. The van der Waals surface area contributed by atoms with E-state index >= 15 is 0 Å². The van der Waals surface area contributed by atoms with Crippen molar-refractivity contribution in [2.45, 2.75) is 25.7 Å². The highest BCUT2D eigenvalue weighted by atomic mass is 32.2. The largest absolute Gasteiger partial charge is 0.457 e. The molecule has 1 aromatic carbocycles. The quantitative estimate of drug-likeness (QED) is 0.487. The Labute approximate surface area is 167 Å². The summed E-state index contributed by atoms with van der Waals surface area (Å²) in [5.41, 5.74) is 3.11. The molecule has 0 aliphatic carbocycles. The van der Waals surface area contributed by atoms with E-state index in [1.807, 2.05) is 6.92 Å². The number of aromatic nitrogens is 1. The molecule has 0 saturated carbocycles. The van der Waals surface area contributed by atoms with Crippen molar-refractivity contribution in [3.8, 4) is 5.69 Å². The highest BCUT2D eigenvalue weighted by Crippen LogP contribution is 2.22. The van der Waals surface area contributed by atoms with Crippen LogP contribution in [0.2, 0.25) is 0 Å². The van der Waals surface area contributed by atoms with Gasteiger partial charge in [0.05, 0.1) is 11.2 Å². The maximum Gasteiger partial charge on any atom is 0.374 e. The SMILES string of the molecule is Cc1ccoc1C(=O)OCC(=O)c1cc(C)n(-c2ccc(S(N)(=O)=O)cc2)c1C. The summed E-state index contributed by atoms with van der Waals surface area (Å²) < 4.78 is 34.8. The molecule has 3 rings (SSSR count). The Bertz CT molecular complexity index is 1190. The third-order valence-corrected chi connectivity index (χ3v) is 5.47. The number of carbonyl (C=O) groups is 2. The number of ketones is 1. The molecule has 152 valence electrons. The van der Waals surface area contributed by atoms with Crippen LogP contribution in [0, 0.1) is 20.8 Å². The Morgan fingerprint density at radius 1 is 1.10 bits per heavy atom. The topological polar surface area (TPSA) is 122 Å². The van der Waals surface area contributed by atoms with Crippen LogP contribution in [0.4, 0.5) is 0 Å². The Hall–Kier alpha value is -3.17. The number of nitrogens with two attached hydrogens (primary N) is 1. The van der Waals surface area contributed by atoms with Gasteiger partial charge in [-0.2, -0.15) is 0 Å². The van der Waals surface area contributed by atoms with Crippen LogP contribution in [0.25, 0.3) is 5.69 Å². The van der Waals surface area contributed by atoms with Gasteiger partial charge in [0, 0.05) is 28.2 Å². The third-order valence-electron chi connectivity index (χ3n) is 4.54. The first-order valence-corrected chi connectivity index (χ1v) is 10.2. The lowest BCUT2D eigenvalue weighted by atomic mass is 10.1. The highest BCUT2D eigenvalue weighted by molar-refractivity contribution is 7.89. The summed E-state index contributed by atoms with van der Waals surface area (Å²) in [6, 6.07) is 9.34. The smallest absolute Gasteiger partial charge is 0.374 e. The molecule has 2 aromatic heterocycles. The van der Waals surface area contributed by atoms with Crippen LogP contribution in [-0.2, 0) is 14.8 Å². The van der Waals surface area contributed by atoms with Crippen LogP contribution in [0.1, 0.15) is 37.9 Å². The number of carbonyl (C=O) groups excluding carboxylic acids is 2. The van der Waals surface area contributed by atoms with Crippen molar-refractivity contribution in [2.24, 2.45) is 5.14 Å². The minimum absolute atomic E-state index is 0.000133. The second kappa shape index (κ2) is 7.69. The monoisotopic (exact) mass is 416 g/mol. The van der Waals surface area contributed by atoms with E-state index in [0.717, 1.165) is 5.69 Å². The zero-order chi connectivity index (χ0) is 21.3. The molecule has 0 aliphatic heterocycles. The number of benzene rings is 1. The van der Waals surface area contributed by atoms with E-state index in [4.69, 9.17) is 14.3 Å². The first kappa shape index (κ1) is 20.6. The maximum atomic E-state index is 12.6. The number of aryl methyl sites for hydroxylation is 2. The predicted molar refractivity (Wildman–Crippen MR) is 105 cm³/mol. The predicted octanol–water partition coefficient (Wildman–Crippen LogP) is 2.68. The fraction of sp³-hybridized carbons (Fsp3) is 0.200. The summed E-state index contributed by atoms with van der Waals surface area (Å²) in [5.74, 6) is -0.991. The Morgan fingerprint density at radius 3 is 2.31 bits per heavy atom. The molecule has 29 heavy (non-hydrogen) atoms. The van der Waals surface area contributed by atoms with Gasteiger partial charge in [0.25, 0.3) is 0 Å². The highest BCUT2D eigenvalue weighted by Gasteiger charge is 2.20. The third kappa shape index (κ3) is 4.15. The number of Topliss-reactive ketones (excluding diaryl/α,β-unsaturated/α-hetero) is 1. The van der Waals surface area contributed by atoms with Crippen molar-refractivity contribution in [1.29, 1.82) is 0 Å². The lowest BCUT2D eigenvalue weighted by Crippen LogP contribution is -2.15. The second-order valence-electron chi connectivity index (χ2n) is 6.59. The summed E-state index contributed by atoms with van der Waals surface area (Å²) in [4.78, 5) is 24.6. The van der Waals surface area contributed by atoms with Crippen molar-refractivity contribution in [2.75, 3.05) is 6.61 Å². The van der Waals surface area contributed by atoms with E-state index in [1.165, 1.54) is 18.4 Å². The van der Waals surface area contributed by atoms with Crippen LogP contribution >= 0.6 is 0 Å². The zero-order valence-corrected chi connectivity index (χ0v) is 16.9. The lowest BCUT2D eigenvalue weighted by Gasteiger charge is -2.10. The number of rotatable bonds is 6. The first-order chi connectivity index (χ1) is 13.6. The Balaban J connectivity index is 1.81. The van der Waals surface area contributed by atoms with Crippen LogP contribution in [0.5, 0.6) is 0 Å². The fourth-order valence-electron chi connectivity index (χ4n) is 3.08. The maximum absolute atomic E-state index is 12.6. The van der Waals surface area contributed by atoms with Gasteiger partial charge >= 0.3 is 5.97 Å². The second-order valence-corrected chi connectivity index (χ2v) is 8.15. The fourth-order valence-corrected chi connectivity index (χ4v) is 3.60. The number of esters is 1. The Morgan fingerprint density at radius 2 is 1.76 bits per heavy atom. The molecule has 0 amide bonds. The summed E-state index contributed by atoms with van der Waals surface area (Å²) in [6.45, 7) is 4.85. The summed E-state index contributed by atoms with van der Waals surface area (Å²) >= 11 is 0. The molecule has 0 bridgehead atoms. The molecule has 0 unspecified atom stereocenters. The summed E-state index contributed by atoms with van der Waals surface area (Å²) in [6.07, 6.45) is 1.38. The van der Waals surface area contributed by atoms with E-state index in [1.54, 1.807) is 42.7 Å². The molecule has 0 aliphatic rings.